The van der Waals surface area contributed by atoms with E-state index < -0.39 is 19.7 Å². The lowest BCUT2D eigenvalue weighted by atomic mass is 9.94. The van der Waals surface area contributed by atoms with Crippen LogP contribution in [0, 0.1) is 0 Å². The Kier molecular flexibility index (Phi) is 2.86. The normalized spacial score (nSPS) is 52.1. The van der Waals surface area contributed by atoms with Crippen LogP contribution in [-0.2, 0) is 27.8 Å². The van der Waals surface area contributed by atoms with Crippen LogP contribution in [0.2, 0.25) is 0 Å². The van der Waals surface area contributed by atoms with E-state index in [4.69, 9.17) is 23.3 Å². The Balaban J connectivity index is 1.53. The minimum Gasteiger partial charge on any atom is -0.341 e. The molecule has 1 spiro atoms. The standard InChI is InChI=1S/C12H19O6P/c1-19(13)14-7-8-9(18-19)10-11(15-8)17-12(16-10)5-3-2-4-6-12/h8-11H,2-7H2,1H3/t8-,9+,10-,11-,19?/m1/s1. The molecule has 0 aromatic heterocycles. The maximum Gasteiger partial charge on any atom is 0.328 e. The number of ether oxygens (including phenoxy) is 3. The van der Waals surface area contributed by atoms with Crippen LogP contribution in [0.1, 0.15) is 32.1 Å². The van der Waals surface area contributed by atoms with Gasteiger partial charge in [0.25, 0.3) is 0 Å². The summed E-state index contributed by atoms with van der Waals surface area (Å²) in [6.45, 7) is 1.77. The number of hydrogen-bond donors (Lipinski definition) is 0. The van der Waals surface area contributed by atoms with Gasteiger partial charge in [-0.3, -0.25) is 9.09 Å². The molecule has 19 heavy (non-hydrogen) atoms. The highest BCUT2D eigenvalue weighted by Crippen LogP contribution is 2.55. The summed E-state index contributed by atoms with van der Waals surface area (Å²) in [7, 11) is -2.97. The predicted molar refractivity (Wildman–Crippen MR) is 64.8 cm³/mol. The van der Waals surface area contributed by atoms with Crippen molar-refractivity contribution >= 4 is 7.60 Å². The summed E-state index contributed by atoms with van der Waals surface area (Å²) in [4.78, 5) is 0. The molecule has 0 amide bonds. The average molecular weight is 290 g/mol. The Bertz CT molecular complexity index is 420. The molecule has 1 saturated carbocycles. The summed E-state index contributed by atoms with van der Waals surface area (Å²) in [5.74, 6) is -0.502. The quantitative estimate of drug-likeness (QED) is 0.636. The van der Waals surface area contributed by atoms with Crippen LogP contribution in [0.25, 0.3) is 0 Å². The molecule has 1 unspecified atom stereocenters. The zero-order valence-corrected chi connectivity index (χ0v) is 11.8. The van der Waals surface area contributed by atoms with Crippen molar-refractivity contribution in [3.8, 4) is 0 Å². The lowest BCUT2D eigenvalue weighted by Gasteiger charge is -2.36. The largest absolute Gasteiger partial charge is 0.341 e. The molecule has 0 N–H and O–H groups in total. The molecule has 3 aliphatic heterocycles. The lowest BCUT2D eigenvalue weighted by molar-refractivity contribution is -0.249. The van der Waals surface area contributed by atoms with Gasteiger partial charge in [-0.05, 0) is 12.8 Å². The van der Waals surface area contributed by atoms with Gasteiger partial charge in [-0.1, -0.05) is 6.42 Å². The molecule has 1 aliphatic carbocycles. The second-order valence-corrected chi connectivity index (χ2v) is 7.86. The van der Waals surface area contributed by atoms with Crippen LogP contribution < -0.4 is 0 Å². The molecule has 108 valence electrons. The van der Waals surface area contributed by atoms with Crippen molar-refractivity contribution in [3.05, 3.63) is 0 Å². The summed E-state index contributed by atoms with van der Waals surface area (Å²) in [6, 6.07) is 0. The summed E-state index contributed by atoms with van der Waals surface area (Å²) >= 11 is 0. The van der Waals surface area contributed by atoms with Gasteiger partial charge in [-0.2, -0.15) is 0 Å². The minimum absolute atomic E-state index is 0.238. The van der Waals surface area contributed by atoms with Gasteiger partial charge in [-0.25, -0.2) is 0 Å². The van der Waals surface area contributed by atoms with Crippen molar-refractivity contribution in [2.45, 2.75) is 62.5 Å². The predicted octanol–water partition coefficient (Wildman–Crippen LogP) is 2.03. The van der Waals surface area contributed by atoms with Crippen LogP contribution in [0.5, 0.6) is 0 Å². The molecule has 5 atom stereocenters. The third-order valence-electron chi connectivity index (χ3n) is 4.35. The third-order valence-corrected chi connectivity index (χ3v) is 5.60. The van der Waals surface area contributed by atoms with Gasteiger partial charge in [0.15, 0.2) is 12.1 Å². The fourth-order valence-electron chi connectivity index (χ4n) is 3.45. The third kappa shape index (κ3) is 2.09. The van der Waals surface area contributed by atoms with Gasteiger partial charge in [-0.15, -0.1) is 0 Å². The second-order valence-electron chi connectivity index (χ2n) is 5.85. The van der Waals surface area contributed by atoms with E-state index in [1.807, 2.05) is 0 Å². The maximum absolute atomic E-state index is 11.9. The molecule has 7 heteroatoms. The van der Waals surface area contributed by atoms with Gasteiger partial charge in [0.05, 0.1) is 6.61 Å². The van der Waals surface area contributed by atoms with E-state index in [1.54, 1.807) is 0 Å². The molecule has 3 heterocycles. The van der Waals surface area contributed by atoms with Crippen molar-refractivity contribution in [3.63, 3.8) is 0 Å². The zero-order valence-electron chi connectivity index (χ0n) is 10.9. The van der Waals surface area contributed by atoms with Crippen LogP contribution in [0.4, 0.5) is 0 Å². The first-order valence-electron chi connectivity index (χ1n) is 6.99. The molecule has 3 saturated heterocycles. The van der Waals surface area contributed by atoms with Crippen molar-refractivity contribution in [1.82, 2.24) is 0 Å². The van der Waals surface area contributed by atoms with E-state index in [1.165, 1.54) is 13.1 Å². The molecule has 0 aromatic carbocycles. The Morgan fingerprint density at radius 3 is 2.68 bits per heavy atom. The van der Waals surface area contributed by atoms with Gasteiger partial charge in [0, 0.05) is 19.5 Å². The van der Waals surface area contributed by atoms with E-state index in [9.17, 15) is 4.57 Å². The van der Waals surface area contributed by atoms with Crippen molar-refractivity contribution in [2.24, 2.45) is 0 Å². The topological polar surface area (TPSA) is 63.2 Å². The number of fused-ring (bicyclic) bond motifs is 3. The van der Waals surface area contributed by atoms with Gasteiger partial charge in [0.1, 0.15) is 18.3 Å². The molecule has 0 bridgehead atoms. The lowest BCUT2D eigenvalue weighted by Crippen LogP contribution is -2.42. The van der Waals surface area contributed by atoms with Gasteiger partial charge >= 0.3 is 7.60 Å². The van der Waals surface area contributed by atoms with Crippen LogP contribution >= 0.6 is 7.60 Å². The van der Waals surface area contributed by atoms with Crippen LogP contribution in [0.15, 0.2) is 0 Å². The Morgan fingerprint density at radius 1 is 1.11 bits per heavy atom. The molecule has 4 aliphatic rings. The number of hydrogen-bond acceptors (Lipinski definition) is 6. The van der Waals surface area contributed by atoms with Crippen molar-refractivity contribution < 1.29 is 27.8 Å². The molecule has 0 aromatic rings. The van der Waals surface area contributed by atoms with E-state index in [0.29, 0.717) is 0 Å². The van der Waals surface area contributed by atoms with Crippen LogP contribution in [0.3, 0.4) is 0 Å². The fourth-order valence-corrected chi connectivity index (χ4v) is 4.62. The minimum atomic E-state index is -2.97. The highest BCUT2D eigenvalue weighted by molar-refractivity contribution is 7.53. The summed E-state index contributed by atoms with van der Waals surface area (Å²) < 4.78 is 40.6. The maximum atomic E-state index is 11.9. The van der Waals surface area contributed by atoms with E-state index >= 15 is 0 Å². The van der Waals surface area contributed by atoms with Crippen molar-refractivity contribution in [1.29, 1.82) is 0 Å². The van der Waals surface area contributed by atoms with E-state index in [2.05, 4.69) is 0 Å². The average Bonchev–Trinajstić information content (AvgIpc) is 2.84. The molecule has 6 nitrogen and oxygen atoms in total. The first-order valence-corrected chi connectivity index (χ1v) is 8.98. The highest BCUT2D eigenvalue weighted by atomic mass is 31.2. The van der Waals surface area contributed by atoms with E-state index in [0.717, 1.165) is 25.7 Å². The molecular weight excluding hydrogens is 271 g/mol. The summed E-state index contributed by atoms with van der Waals surface area (Å²) in [6.07, 6.45) is 4.00. The van der Waals surface area contributed by atoms with E-state index in [-0.39, 0.29) is 24.9 Å². The van der Waals surface area contributed by atoms with Gasteiger partial charge in [0.2, 0.25) is 0 Å². The Morgan fingerprint density at radius 2 is 1.89 bits per heavy atom. The SMILES string of the molecule is CP1(=O)OC[C@H]2O[C@@H]3OC4(CCCCC4)O[C@@H]3[C@H]2O1. The monoisotopic (exact) mass is 290 g/mol. The summed E-state index contributed by atoms with van der Waals surface area (Å²) in [5.41, 5.74) is 0. The zero-order chi connectivity index (χ0) is 13.1. The fraction of sp³-hybridized carbons (Fsp3) is 1.00. The molecule has 4 fully saturated rings. The molecule has 0 radical (unpaired) electrons. The smallest absolute Gasteiger partial charge is 0.328 e. The van der Waals surface area contributed by atoms with Crippen LogP contribution in [-0.4, -0.2) is 43.7 Å². The first kappa shape index (κ1) is 12.7. The highest BCUT2D eigenvalue weighted by Gasteiger charge is 2.60. The Labute approximate surface area is 112 Å². The molecular formula is C12H19O6P. The first-order chi connectivity index (χ1) is 9.07. The second kappa shape index (κ2) is 4.26. The summed E-state index contributed by atoms with van der Waals surface area (Å²) in [5, 5.41) is 0. The Hall–Kier alpha value is 0.0300. The number of rotatable bonds is 0. The van der Waals surface area contributed by atoms with Crippen molar-refractivity contribution in [2.75, 3.05) is 13.3 Å². The van der Waals surface area contributed by atoms with Gasteiger partial charge < -0.3 is 18.7 Å². The molecule has 4 rings (SSSR count).